The molecule has 3 aromatic rings. The zero-order chi connectivity index (χ0) is 13.4. The lowest BCUT2D eigenvalue weighted by molar-refractivity contribution is 0.475. The van der Waals surface area contributed by atoms with E-state index in [4.69, 9.17) is 27.6 Å². The maximum atomic E-state index is 9.24. The van der Waals surface area contributed by atoms with Crippen LogP contribution in [0.15, 0.2) is 41.1 Å². The van der Waals surface area contributed by atoms with Crippen LogP contribution in [0.3, 0.4) is 0 Å². The number of benzene rings is 1. The number of nitrogens with zero attached hydrogens (tertiary/aromatic N) is 1. The fraction of sp³-hybridized carbons (Fsp3) is 0. The molecule has 0 saturated carbocycles. The predicted molar refractivity (Wildman–Crippen MR) is 73.4 cm³/mol. The van der Waals surface area contributed by atoms with Crippen molar-refractivity contribution in [3.63, 3.8) is 0 Å². The summed E-state index contributed by atoms with van der Waals surface area (Å²) in [6.45, 7) is 0. The van der Waals surface area contributed by atoms with Crippen molar-refractivity contribution < 1.29 is 9.52 Å². The van der Waals surface area contributed by atoms with Gasteiger partial charge in [-0.15, -0.1) is 0 Å². The van der Waals surface area contributed by atoms with Crippen molar-refractivity contribution in [2.24, 2.45) is 0 Å². The van der Waals surface area contributed by atoms with Crippen LogP contribution < -0.4 is 0 Å². The minimum Gasteiger partial charge on any atom is -0.508 e. The van der Waals surface area contributed by atoms with Gasteiger partial charge in [0.05, 0.1) is 16.2 Å². The zero-order valence-electron chi connectivity index (χ0n) is 9.52. The molecule has 0 amide bonds. The molecular formula is C13H8Cl2N2O2. The van der Waals surface area contributed by atoms with Gasteiger partial charge in [0.1, 0.15) is 11.4 Å². The summed E-state index contributed by atoms with van der Waals surface area (Å²) in [6.07, 6.45) is 3.16. The number of H-pyrrole nitrogens is 1. The van der Waals surface area contributed by atoms with E-state index in [9.17, 15) is 5.11 Å². The van der Waals surface area contributed by atoms with E-state index in [0.29, 0.717) is 27.4 Å². The number of rotatable bonds is 2. The van der Waals surface area contributed by atoms with Gasteiger partial charge in [0.25, 0.3) is 0 Å². The third-order valence-corrected chi connectivity index (χ3v) is 3.43. The van der Waals surface area contributed by atoms with E-state index in [2.05, 4.69) is 9.97 Å². The minimum absolute atomic E-state index is 0.197. The quantitative estimate of drug-likeness (QED) is 0.738. The molecule has 2 aromatic heterocycles. The second-order valence-electron chi connectivity index (χ2n) is 3.90. The number of halogens is 2. The fourth-order valence-corrected chi connectivity index (χ4v) is 2.03. The van der Waals surface area contributed by atoms with E-state index in [1.165, 1.54) is 0 Å². The summed E-state index contributed by atoms with van der Waals surface area (Å²) >= 11 is 11.9. The molecule has 19 heavy (non-hydrogen) atoms. The second-order valence-corrected chi connectivity index (χ2v) is 4.69. The normalized spacial score (nSPS) is 10.8. The third-order valence-electron chi connectivity index (χ3n) is 2.64. The number of oxazole rings is 1. The predicted octanol–water partition coefficient (Wildman–Crippen LogP) is 4.35. The fourth-order valence-electron chi connectivity index (χ4n) is 1.69. The van der Waals surface area contributed by atoms with Gasteiger partial charge in [0.2, 0.25) is 5.89 Å². The summed E-state index contributed by atoms with van der Waals surface area (Å²) in [5.74, 6) is 1.14. The Hall–Kier alpha value is -1.91. The van der Waals surface area contributed by atoms with Crippen LogP contribution in [0.4, 0.5) is 0 Å². The molecule has 0 atom stereocenters. The van der Waals surface area contributed by atoms with Crippen LogP contribution in [-0.2, 0) is 0 Å². The SMILES string of the molecule is Oc1ccc(-c2cnc(-c3[nH]cc(Cl)c3Cl)o2)cc1. The number of aromatic hydroxyl groups is 1. The van der Waals surface area contributed by atoms with E-state index >= 15 is 0 Å². The van der Waals surface area contributed by atoms with E-state index in [1.54, 1.807) is 36.7 Å². The standard InChI is InChI=1S/C13H8Cl2N2O2/c14-9-5-16-12(11(9)15)13-17-6-10(19-13)7-1-3-8(18)4-2-7/h1-6,16,18H. The highest BCUT2D eigenvalue weighted by molar-refractivity contribution is 6.43. The Labute approximate surface area is 118 Å². The van der Waals surface area contributed by atoms with E-state index in [0.717, 1.165) is 5.56 Å². The summed E-state index contributed by atoms with van der Waals surface area (Å²) in [5.41, 5.74) is 1.35. The Balaban J connectivity index is 2.00. The first-order valence-electron chi connectivity index (χ1n) is 5.43. The molecule has 2 heterocycles. The second kappa shape index (κ2) is 4.64. The first-order chi connectivity index (χ1) is 9.15. The monoisotopic (exact) mass is 294 g/mol. The molecule has 3 rings (SSSR count). The lowest BCUT2D eigenvalue weighted by atomic mass is 10.2. The molecule has 6 heteroatoms. The molecule has 0 radical (unpaired) electrons. The average Bonchev–Trinajstić information content (AvgIpc) is 2.99. The Morgan fingerprint density at radius 1 is 1.16 bits per heavy atom. The van der Waals surface area contributed by atoms with Crippen molar-refractivity contribution >= 4 is 23.2 Å². The molecule has 0 spiro atoms. The Morgan fingerprint density at radius 3 is 2.53 bits per heavy atom. The van der Waals surface area contributed by atoms with Crippen LogP contribution in [-0.4, -0.2) is 15.1 Å². The average molecular weight is 295 g/mol. The summed E-state index contributed by atoms with van der Waals surface area (Å²) in [7, 11) is 0. The van der Waals surface area contributed by atoms with Crippen molar-refractivity contribution in [1.82, 2.24) is 9.97 Å². The summed E-state index contributed by atoms with van der Waals surface area (Å²) in [5, 5.41) is 10.0. The largest absolute Gasteiger partial charge is 0.508 e. The van der Waals surface area contributed by atoms with Crippen LogP contribution >= 0.6 is 23.2 Å². The van der Waals surface area contributed by atoms with Gasteiger partial charge in [-0.05, 0) is 24.3 Å². The van der Waals surface area contributed by atoms with E-state index < -0.39 is 0 Å². The minimum atomic E-state index is 0.197. The van der Waals surface area contributed by atoms with Crippen LogP contribution in [0, 0.1) is 0 Å². The molecule has 0 unspecified atom stereocenters. The molecule has 2 N–H and O–H groups in total. The third kappa shape index (κ3) is 2.20. The Kier molecular flexibility index (Phi) is 2.97. The summed E-state index contributed by atoms with van der Waals surface area (Å²) < 4.78 is 5.62. The number of hydrogen-bond acceptors (Lipinski definition) is 3. The number of hydrogen-bond donors (Lipinski definition) is 2. The lowest BCUT2D eigenvalue weighted by Gasteiger charge is -1.96. The Morgan fingerprint density at radius 2 is 1.89 bits per heavy atom. The molecule has 0 aliphatic heterocycles. The Bertz CT molecular complexity index is 717. The smallest absolute Gasteiger partial charge is 0.245 e. The van der Waals surface area contributed by atoms with Gasteiger partial charge in [-0.2, -0.15) is 0 Å². The lowest BCUT2D eigenvalue weighted by Crippen LogP contribution is -1.76. The van der Waals surface area contributed by atoms with Crippen molar-refractivity contribution in [2.45, 2.75) is 0 Å². The van der Waals surface area contributed by atoms with Crippen molar-refractivity contribution in [2.75, 3.05) is 0 Å². The molecule has 4 nitrogen and oxygen atoms in total. The van der Waals surface area contributed by atoms with Gasteiger partial charge in [0.15, 0.2) is 5.76 Å². The van der Waals surface area contributed by atoms with Gasteiger partial charge in [-0.25, -0.2) is 4.98 Å². The molecule has 0 aliphatic rings. The molecule has 0 bridgehead atoms. The van der Waals surface area contributed by atoms with Crippen molar-refractivity contribution in [3.05, 3.63) is 46.7 Å². The number of phenols is 1. The van der Waals surface area contributed by atoms with Crippen molar-refractivity contribution in [3.8, 4) is 28.7 Å². The number of aromatic nitrogens is 2. The van der Waals surface area contributed by atoms with Crippen LogP contribution in [0.5, 0.6) is 5.75 Å². The summed E-state index contributed by atoms with van der Waals surface area (Å²) in [4.78, 5) is 7.06. The highest BCUT2D eigenvalue weighted by Gasteiger charge is 2.15. The molecule has 0 saturated heterocycles. The van der Waals surface area contributed by atoms with E-state index in [-0.39, 0.29) is 5.75 Å². The topological polar surface area (TPSA) is 62.1 Å². The number of nitrogens with one attached hydrogen (secondary N) is 1. The van der Waals surface area contributed by atoms with Crippen LogP contribution in [0.2, 0.25) is 10.0 Å². The van der Waals surface area contributed by atoms with Crippen LogP contribution in [0.1, 0.15) is 0 Å². The van der Waals surface area contributed by atoms with Gasteiger partial charge in [0, 0.05) is 11.8 Å². The maximum Gasteiger partial charge on any atom is 0.245 e. The molecule has 96 valence electrons. The van der Waals surface area contributed by atoms with E-state index in [1.807, 2.05) is 0 Å². The highest BCUT2D eigenvalue weighted by atomic mass is 35.5. The number of phenolic OH excluding ortho intramolecular Hbond substituents is 1. The molecule has 0 aliphatic carbocycles. The maximum absolute atomic E-state index is 9.24. The highest BCUT2D eigenvalue weighted by Crippen LogP contribution is 2.34. The van der Waals surface area contributed by atoms with Crippen molar-refractivity contribution in [1.29, 1.82) is 0 Å². The zero-order valence-corrected chi connectivity index (χ0v) is 11.0. The first kappa shape index (κ1) is 12.1. The molecule has 0 fully saturated rings. The van der Waals surface area contributed by atoms with Gasteiger partial charge >= 0.3 is 0 Å². The summed E-state index contributed by atoms with van der Waals surface area (Å²) in [6, 6.07) is 6.64. The molecular weight excluding hydrogens is 287 g/mol. The van der Waals surface area contributed by atoms with Crippen LogP contribution in [0.25, 0.3) is 22.9 Å². The number of aromatic amines is 1. The van der Waals surface area contributed by atoms with Gasteiger partial charge in [-0.1, -0.05) is 23.2 Å². The first-order valence-corrected chi connectivity index (χ1v) is 6.18. The van der Waals surface area contributed by atoms with Gasteiger partial charge < -0.3 is 14.5 Å². The molecule has 1 aromatic carbocycles. The van der Waals surface area contributed by atoms with Gasteiger partial charge in [-0.3, -0.25) is 0 Å².